The molecule has 2 aromatic rings. The largest absolute Gasteiger partial charge is 0.508 e. The molecule has 0 heterocycles. The number of aromatic hydroxyl groups is 1. The second-order valence-electron chi connectivity index (χ2n) is 4.55. The van der Waals surface area contributed by atoms with E-state index in [0.717, 1.165) is 28.3 Å². The standard InChI is InChI=1S/C16H19NO3/c1-11-4-6-14(16(8-11)20-3)17-10-12-9-13(19-2)5-7-15(12)18/h4-9,17-18H,10H2,1-3H3. The Labute approximate surface area is 119 Å². The molecule has 0 radical (unpaired) electrons. The molecule has 0 aliphatic rings. The molecule has 106 valence electrons. The highest BCUT2D eigenvalue weighted by molar-refractivity contribution is 5.58. The molecule has 4 heteroatoms. The summed E-state index contributed by atoms with van der Waals surface area (Å²) >= 11 is 0. The lowest BCUT2D eigenvalue weighted by Gasteiger charge is -2.13. The number of aryl methyl sites for hydroxylation is 1. The summed E-state index contributed by atoms with van der Waals surface area (Å²) in [5.74, 6) is 1.74. The van der Waals surface area contributed by atoms with Crippen molar-refractivity contribution in [2.75, 3.05) is 19.5 Å². The maximum Gasteiger partial charge on any atom is 0.142 e. The van der Waals surface area contributed by atoms with Crippen molar-refractivity contribution in [2.24, 2.45) is 0 Å². The van der Waals surface area contributed by atoms with Crippen LogP contribution < -0.4 is 14.8 Å². The van der Waals surface area contributed by atoms with E-state index in [4.69, 9.17) is 9.47 Å². The molecular formula is C16H19NO3. The van der Waals surface area contributed by atoms with E-state index in [-0.39, 0.29) is 5.75 Å². The van der Waals surface area contributed by atoms with Crippen LogP contribution in [0.4, 0.5) is 5.69 Å². The van der Waals surface area contributed by atoms with Gasteiger partial charge in [-0.25, -0.2) is 0 Å². The third-order valence-corrected chi connectivity index (χ3v) is 3.11. The predicted molar refractivity (Wildman–Crippen MR) is 79.7 cm³/mol. The minimum Gasteiger partial charge on any atom is -0.508 e. The number of anilines is 1. The van der Waals surface area contributed by atoms with Crippen LogP contribution in [-0.2, 0) is 6.54 Å². The fourth-order valence-corrected chi connectivity index (χ4v) is 1.97. The van der Waals surface area contributed by atoms with Gasteiger partial charge >= 0.3 is 0 Å². The monoisotopic (exact) mass is 273 g/mol. The quantitative estimate of drug-likeness (QED) is 0.877. The van der Waals surface area contributed by atoms with Gasteiger partial charge in [0, 0.05) is 12.1 Å². The first-order chi connectivity index (χ1) is 9.63. The minimum atomic E-state index is 0.240. The van der Waals surface area contributed by atoms with Crippen LogP contribution in [0.25, 0.3) is 0 Å². The van der Waals surface area contributed by atoms with Gasteiger partial charge in [-0.1, -0.05) is 6.07 Å². The summed E-state index contributed by atoms with van der Waals surface area (Å²) in [7, 11) is 3.25. The van der Waals surface area contributed by atoms with Gasteiger partial charge in [0.2, 0.25) is 0 Å². The third kappa shape index (κ3) is 3.15. The Hall–Kier alpha value is -2.36. The van der Waals surface area contributed by atoms with Crippen LogP contribution in [-0.4, -0.2) is 19.3 Å². The molecular weight excluding hydrogens is 254 g/mol. The van der Waals surface area contributed by atoms with Gasteiger partial charge in [0.1, 0.15) is 17.2 Å². The summed E-state index contributed by atoms with van der Waals surface area (Å²) in [5, 5.41) is 13.1. The van der Waals surface area contributed by atoms with Gasteiger partial charge < -0.3 is 19.9 Å². The van der Waals surface area contributed by atoms with Crippen LogP contribution in [0.2, 0.25) is 0 Å². The van der Waals surface area contributed by atoms with Crippen LogP contribution in [0.3, 0.4) is 0 Å². The zero-order valence-corrected chi connectivity index (χ0v) is 11.9. The fourth-order valence-electron chi connectivity index (χ4n) is 1.97. The van der Waals surface area contributed by atoms with Crippen molar-refractivity contribution < 1.29 is 14.6 Å². The van der Waals surface area contributed by atoms with Crippen molar-refractivity contribution in [3.05, 3.63) is 47.5 Å². The molecule has 0 unspecified atom stereocenters. The lowest BCUT2D eigenvalue weighted by atomic mass is 10.1. The maximum absolute atomic E-state index is 9.85. The second kappa shape index (κ2) is 6.19. The van der Waals surface area contributed by atoms with Gasteiger partial charge in [-0.15, -0.1) is 0 Å². The highest BCUT2D eigenvalue weighted by Gasteiger charge is 2.06. The molecule has 0 aromatic heterocycles. The molecule has 0 bridgehead atoms. The number of rotatable bonds is 5. The van der Waals surface area contributed by atoms with Gasteiger partial charge in [-0.3, -0.25) is 0 Å². The summed E-state index contributed by atoms with van der Waals surface area (Å²) in [6, 6.07) is 11.1. The molecule has 0 atom stereocenters. The number of hydrogen-bond acceptors (Lipinski definition) is 4. The Kier molecular flexibility index (Phi) is 4.35. The zero-order chi connectivity index (χ0) is 14.5. The zero-order valence-electron chi connectivity index (χ0n) is 11.9. The summed E-state index contributed by atoms with van der Waals surface area (Å²) in [6.07, 6.45) is 0. The number of phenols is 1. The highest BCUT2D eigenvalue weighted by atomic mass is 16.5. The van der Waals surface area contributed by atoms with E-state index in [0.29, 0.717) is 6.54 Å². The van der Waals surface area contributed by atoms with Crippen molar-refractivity contribution in [1.29, 1.82) is 0 Å². The van der Waals surface area contributed by atoms with Crippen molar-refractivity contribution >= 4 is 5.69 Å². The number of ether oxygens (including phenoxy) is 2. The van der Waals surface area contributed by atoms with Crippen molar-refractivity contribution in [3.8, 4) is 17.2 Å². The second-order valence-corrected chi connectivity index (χ2v) is 4.55. The first-order valence-corrected chi connectivity index (χ1v) is 6.38. The van der Waals surface area contributed by atoms with Gasteiger partial charge in [0.25, 0.3) is 0 Å². The normalized spacial score (nSPS) is 10.2. The summed E-state index contributed by atoms with van der Waals surface area (Å²) in [5.41, 5.74) is 2.80. The van der Waals surface area contributed by atoms with E-state index in [1.54, 1.807) is 26.4 Å². The Morgan fingerprint density at radius 1 is 1.05 bits per heavy atom. The molecule has 20 heavy (non-hydrogen) atoms. The van der Waals surface area contributed by atoms with Gasteiger partial charge in [-0.05, 0) is 42.8 Å². The summed E-state index contributed by atoms with van der Waals surface area (Å²) < 4.78 is 10.5. The Balaban J connectivity index is 2.16. The van der Waals surface area contributed by atoms with Crippen molar-refractivity contribution in [2.45, 2.75) is 13.5 Å². The SMILES string of the molecule is COc1ccc(O)c(CNc2ccc(C)cc2OC)c1. The number of methoxy groups -OCH3 is 2. The predicted octanol–water partition coefficient (Wildman–Crippen LogP) is 3.33. The highest BCUT2D eigenvalue weighted by Crippen LogP contribution is 2.28. The number of nitrogens with one attached hydrogen (secondary N) is 1. The van der Waals surface area contributed by atoms with E-state index in [2.05, 4.69) is 5.32 Å². The fraction of sp³-hybridized carbons (Fsp3) is 0.250. The van der Waals surface area contributed by atoms with Crippen LogP contribution in [0.5, 0.6) is 17.2 Å². The molecule has 4 nitrogen and oxygen atoms in total. The Morgan fingerprint density at radius 2 is 1.85 bits per heavy atom. The third-order valence-electron chi connectivity index (χ3n) is 3.11. The number of hydrogen-bond donors (Lipinski definition) is 2. The van der Waals surface area contributed by atoms with Crippen molar-refractivity contribution in [3.63, 3.8) is 0 Å². The van der Waals surface area contributed by atoms with Gasteiger partial charge in [-0.2, -0.15) is 0 Å². The topological polar surface area (TPSA) is 50.7 Å². The van der Waals surface area contributed by atoms with Crippen LogP contribution >= 0.6 is 0 Å². The molecule has 0 amide bonds. The molecule has 2 aromatic carbocycles. The molecule has 0 aliphatic heterocycles. The lowest BCUT2D eigenvalue weighted by Crippen LogP contribution is -2.02. The van der Waals surface area contributed by atoms with E-state index < -0.39 is 0 Å². The molecule has 0 saturated carbocycles. The first kappa shape index (κ1) is 14.1. The number of phenolic OH excluding ortho intramolecular Hbond substituents is 1. The van der Waals surface area contributed by atoms with E-state index in [1.165, 1.54) is 0 Å². The summed E-state index contributed by atoms with van der Waals surface area (Å²) in [6.45, 7) is 2.50. The maximum atomic E-state index is 9.85. The van der Waals surface area contributed by atoms with E-state index in [1.807, 2.05) is 31.2 Å². The van der Waals surface area contributed by atoms with Gasteiger partial charge in [0.05, 0.1) is 19.9 Å². The first-order valence-electron chi connectivity index (χ1n) is 6.38. The molecule has 0 fully saturated rings. The molecule has 0 saturated heterocycles. The van der Waals surface area contributed by atoms with E-state index in [9.17, 15) is 5.11 Å². The van der Waals surface area contributed by atoms with Crippen LogP contribution in [0, 0.1) is 6.92 Å². The summed E-state index contributed by atoms with van der Waals surface area (Å²) in [4.78, 5) is 0. The minimum absolute atomic E-state index is 0.240. The molecule has 2 rings (SSSR count). The molecule has 2 N–H and O–H groups in total. The average Bonchev–Trinajstić information content (AvgIpc) is 2.47. The van der Waals surface area contributed by atoms with Crippen LogP contribution in [0.1, 0.15) is 11.1 Å². The molecule has 0 aliphatic carbocycles. The lowest BCUT2D eigenvalue weighted by molar-refractivity contribution is 0.410. The van der Waals surface area contributed by atoms with Gasteiger partial charge in [0.15, 0.2) is 0 Å². The van der Waals surface area contributed by atoms with E-state index >= 15 is 0 Å². The van der Waals surface area contributed by atoms with Crippen molar-refractivity contribution in [1.82, 2.24) is 0 Å². The molecule has 0 spiro atoms. The number of benzene rings is 2. The average molecular weight is 273 g/mol. The Bertz CT molecular complexity index is 596. The Morgan fingerprint density at radius 3 is 2.55 bits per heavy atom. The smallest absolute Gasteiger partial charge is 0.142 e. The van der Waals surface area contributed by atoms with Crippen LogP contribution in [0.15, 0.2) is 36.4 Å².